The molecule has 0 radical (unpaired) electrons. The molecule has 0 amide bonds. The van der Waals surface area contributed by atoms with E-state index in [0.717, 1.165) is 31.6 Å². The van der Waals surface area contributed by atoms with Gasteiger partial charge in [0.2, 0.25) is 0 Å². The lowest BCUT2D eigenvalue weighted by Gasteiger charge is -2.32. The van der Waals surface area contributed by atoms with E-state index in [9.17, 15) is 4.39 Å². The van der Waals surface area contributed by atoms with Gasteiger partial charge in [0.05, 0.1) is 6.61 Å². The molecule has 1 aromatic carbocycles. The summed E-state index contributed by atoms with van der Waals surface area (Å²) < 4.78 is 19.2. The normalized spacial score (nSPS) is 28.3. The fourth-order valence-electron chi connectivity index (χ4n) is 2.72. The number of rotatable bonds is 4. The maximum Gasteiger partial charge on any atom is 0.126 e. The van der Waals surface area contributed by atoms with Gasteiger partial charge in [-0.25, -0.2) is 4.39 Å². The second-order valence-corrected chi connectivity index (χ2v) is 5.47. The predicted octanol–water partition coefficient (Wildman–Crippen LogP) is 2.53. The molecule has 0 bridgehead atoms. The number of benzene rings is 1. The first-order valence-electron chi connectivity index (χ1n) is 6.90. The van der Waals surface area contributed by atoms with E-state index in [1.807, 2.05) is 12.1 Å². The first kappa shape index (κ1) is 12.1. The van der Waals surface area contributed by atoms with Crippen molar-refractivity contribution in [2.45, 2.75) is 37.8 Å². The molecule has 1 aromatic rings. The van der Waals surface area contributed by atoms with E-state index >= 15 is 0 Å². The van der Waals surface area contributed by atoms with Crippen LogP contribution in [0.4, 0.5) is 4.39 Å². The zero-order chi connectivity index (χ0) is 12.4. The molecule has 1 N–H and O–H groups in total. The molecule has 1 saturated heterocycles. The number of hydrogen-bond donors (Lipinski definition) is 1. The predicted molar refractivity (Wildman–Crippen MR) is 69.0 cm³/mol. The molecule has 3 rings (SSSR count). The van der Waals surface area contributed by atoms with Crippen molar-refractivity contribution < 1.29 is 9.13 Å². The van der Waals surface area contributed by atoms with Gasteiger partial charge in [-0.1, -0.05) is 18.2 Å². The summed E-state index contributed by atoms with van der Waals surface area (Å²) in [4.78, 5) is 0. The summed E-state index contributed by atoms with van der Waals surface area (Å²) in [6, 6.07) is 8.28. The summed E-state index contributed by atoms with van der Waals surface area (Å²) in [6.45, 7) is 1.58. The van der Waals surface area contributed by atoms with Crippen LogP contribution in [-0.2, 0) is 11.2 Å². The van der Waals surface area contributed by atoms with Crippen molar-refractivity contribution in [3.63, 3.8) is 0 Å². The molecule has 1 heterocycles. The van der Waals surface area contributed by atoms with Crippen molar-refractivity contribution in [1.82, 2.24) is 5.32 Å². The van der Waals surface area contributed by atoms with Crippen LogP contribution in [0.25, 0.3) is 0 Å². The average molecular weight is 249 g/mol. The highest BCUT2D eigenvalue weighted by atomic mass is 19.1. The molecular formula is C15H20FNO. The first-order valence-corrected chi connectivity index (χ1v) is 6.90. The Morgan fingerprint density at radius 3 is 2.83 bits per heavy atom. The topological polar surface area (TPSA) is 21.3 Å². The molecular weight excluding hydrogens is 229 g/mol. The Hall–Kier alpha value is -0.930. The average Bonchev–Trinajstić information content (AvgIpc) is 3.18. The third-order valence-corrected chi connectivity index (χ3v) is 3.94. The van der Waals surface area contributed by atoms with Gasteiger partial charge in [-0.2, -0.15) is 0 Å². The molecule has 2 nitrogen and oxygen atoms in total. The lowest BCUT2D eigenvalue weighted by molar-refractivity contribution is 0.0313. The Labute approximate surface area is 108 Å². The Bertz CT molecular complexity index is 405. The third kappa shape index (κ3) is 2.90. The van der Waals surface area contributed by atoms with Crippen LogP contribution in [0.3, 0.4) is 0 Å². The first-order chi connectivity index (χ1) is 8.83. The number of halogens is 1. The van der Waals surface area contributed by atoms with E-state index in [1.165, 1.54) is 12.8 Å². The second-order valence-electron chi connectivity index (χ2n) is 5.47. The smallest absolute Gasteiger partial charge is 0.126 e. The van der Waals surface area contributed by atoms with Gasteiger partial charge in [-0.3, -0.25) is 0 Å². The van der Waals surface area contributed by atoms with E-state index in [-0.39, 0.29) is 5.82 Å². The molecule has 1 aliphatic carbocycles. The standard InChI is InChI=1S/C15H20FNO/c16-14-4-2-1-3-11(14)9-12-10-18-8-7-15(12)17-13-5-6-13/h1-4,12-13,15,17H,5-10H2/t12-,15-/m1/s1. The van der Waals surface area contributed by atoms with E-state index < -0.39 is 0 Å². The van der Waals surface area contributed by atoms with E-state index in [4.69, 9.17) is 4.74 Å². The molecule has 2 aliphatic rings. The highest BCUT2D eigenvalue weighted by Crippen LogP contribution is 2.26. The van der Waals surface area contributed by atoms with Gasteiger partial charge in [0.1, 0.15) is 5.82 Å². The summed E-state index contributed by atoms with van der Waals surface area (Å²) in [5.41, 5.74) is 0.815. The van der Waals surface area contributed by atoms with Crippen LogP contribution < -0.4 is 5.32 Å². The van der Waals surface area contributed by atoms with E-state index in [2.05, 4.69) is 5.32 Å². The van der Waals surface area contributed by atoms with Crippen LogP contribution in [0.5, 0.6) is 0 Å². The summed E-state index contributed by atoms with van der Waals surface area (Å²) in [5.74, 6) is 0.310. The number of ether oxygens (including phenoxy) is 1. The van der Waals surface area contributed by atoms with Crippen molar-refractivity contribution in [3.8, 4) is 0 Å². The third-order valence-electron chi connectivity index (χ3n) is 3.94. The van der Waals surface area contributed by atoms with Crippen LogP contribution >= 0.6 is 0 Å². The van der Waals surface area contributed by atoms with Gasteiger partial charge in [-0.15, -0.1) is 0 Å². The fraction of sp³-hybridized carbons (Fsp3) is 0.600. The summed E-state index contributed by atoms with van der Waals surface area (Å²) in [7, 11) is 0. The van der Waals surface area contributed by atoms with Gasteiger partial charge >= 0.3 is 0 Å². The minimum Gasteiger partial charge on any atom is -0.381 e. The van der Waals surface area contributed by atoms with Crippen molar-refractivity contribution in [1.29, 1.82) is 0 Å². The van der Waals surface area contributed by atoms with Crippen LogP contribution in [0, 0.1) is 11.7 Å². The van der Waals surface area contributed by atoms with Crippen molar-refractivity contribution >= 4 is 0 Å². The molecule has 18 heavy (non-hydrogen) atoms. The van der Waals surface area contributed by atoms with Crippen molar-refractivity contribution in [3.05, 3.63) is 35.6 Å². The second kappa shape index (κ2) is 5.37. The summed E-state index contributed by atoms with van der Waals surface area (Å²) >= 11 is 0. The number of nitrogens with one attached hydrogen (secondary N) is 1. The Balaban J connectivity index is 1.66. The highest BCUT2D eigenvalue weighted by molar-refractivity contribution is 5.18. The molecule has 0 unspecified atom stereocenters. The van der Waals surface area contributed by atoms with Crippen LogP contribution in [0.15, 0.2) is 24.3 Å². The molecule has 98 valence electrons. The van der Waals surface area contributed by atoms with E-state index in [1.54, 1.807) is 12.1 Å². The largest absolute Gasteiger partial charge is 0.381 e. The number of hydrogen-bond acceptors (Lipinski definition) is 2. The van der Waals surface area contributed by atoms with Gasteiger partial charge in [-0.05, 0) is 37.3 Å². The Kier molecular flexibility index (Phi) is 3.62. The minimum atomic E-state index is -0.0896. The monoisotopic (exact) mass is 249 g/mol. The maximum absolute atomic E-state index is 13.7. The van der Waals surface area contributed by atoms with Crippen LogP contribution in [0.1, 0.15) is 24.8 Å². The molecule has 2 fully saturated rings. The Morgan fingerprint density at radius 1 is 1.22 bits per heavy atom. The molecule has 1 aliphatic heterocycles. The van der Waals surface area contributed by atoms with Gasteiger partial charge in [0.25, 0.3) is 0 Å². The zero-order valence-corrected chi connectivity index (χ0v) is 10.6. The molecule has 3 heteroatoms. The zero-order valence-electron chi connectivity index (χ0n) is 10.6. The van der Waals surface area contributed by atoms with Gasteiger partial charge in [0, 0.05) is 24.6 Å². The quantitative estimate of drug-likeness (QED) is 0.885. The molecule has 2 atom stereocenters. The molecule has 0 spiro atoms. The Morgan fingerprint density at radius 2 is 2.06 bits per heavy atom. The molecule has 1 saturated carbocycles. The van der Waals surface area contributed by atoms with Crippen LogP contribution in [-0.4, -0.2) is 25.3 Å². The molecule has 0 aromatic heterocycles. The van der Waals surface area contributed by atoms with Crippen molar-refractivity contribution in [2.24, 2.45) is 5.92 Å². The maximum atomic E-state index is 13.7. The minimum absolute atomic E-state index is 0.0896. The lowest BCUT2D eigenvalue weighted by atomic mass is 9.89. The van der Waals surface area contributed by atoms with Gasteiger partial charge < -0.3 is 10.1 Å². The van der Waals surface area contributed by atoms with Gasteiger partial charge in [0.15, 0.2) is 0 Å². The van der Waals surface area contributed by atoms with Crippen LogP contribution in [0.2, 0.25) is 0 Å². The summed E-state index contributed by atoms with van der Waals surface area (Å²) in [6.07, 6.45) is 4.42. The van der Waals surface area contributed by atoms with E-state index in [0.29, 0.717) is 18.0 Å². The summed E-state index contributed by atoms with van der Waals surface area (Å²) in [5, 5.41) is 3.68. The highest BCUT2D eigenvalue weighted by Gasteiger charge is 2.31. The SMILES string of the molecule is Fc1ccccc1C[C@@H]1COCC[C@H]1NC1CC1. The van der Waals surface area contributed by atoms with Crippen molar-refractivity contribution in [2.75, 3.05) is 13.2 Å². The fourth-order valence-corrected chi connectivity index (χ4v) is 2.72. The lowest BCUT2D eigenvalue weighted by Crippen LogP contribution is -2.44.